The van der Waals surface area contributed by atoms with Crippen molar-refractivity contribution in [3.8, 4) is 11.5 Å². The van der Waals surface area contributed by atoms with Crippen LogP contribution >= 0.6 is 0 Å². The predicted octanol–water partition coefficient (Wildman–Crippen LogP) is 4.03. The molecule has 0 spiro atoms. The molecule has 0 saturated heterocycles. The Balaban J connectivity index is 1.81. The maximum Gasteiger partial charge on any atom is 0.226 e. The van der Waals surface area contributed by atoms with Crippen molar-refractivity contribution in [1.82, 2.24) is 5.32 Å². The summed E-state index contributed by atoms with van der Waals surface area (Å²) in [6.07, 6.45) is 2.44. The number of ether oxygens (including phenoxy) is 2. The molecule has 5 nitrogen and oxygen atoms in total. The molecule has 0 aliphatic carbocycles. The summed E-state index contributed by atoms with van der Waals surface area (Å²) in [5, 5.41) is 6.42. The monoisotopic (exact) mass is 370 g/mol. The van der Waals surface area contributed by atoms with E-state index in [4.69, 9.17) is 9.47 Å². The van der Waals surface area contributed by atoms with Crippen molar-refractivity contribution >= 4 is 11.6 Å². The minimum absolute atomic E-state index is 0.0585. The van der Waals surface area contributed by atoms with Gasteiger partial charge in [0.15, 0.2) is 0 Å². The first-order valence-corrected chi connectivity index (χ1v) is 9.33. The number of amides is 1. The van der Waals surface area contributed by atoms with E-state index in [2.05, 4.69) is 41.8 Å². The van der Waals surface area contributed by atoms with E-state index >= 15 is 0 Å². The second kappa shape index (κ2) is 10.6. The number of nitrogens with one attached hydrogen (secondary N) is 2. The van der Waals surface area contributed by atoms with Crippen LogP contribution < -0.4 is 20.1 Å². The lowest BCUT2D eigenvalue weighted by Crippen LogP contribution is -2.37. The second-order valence-electron chi connectivity index (χ2n) is 6.81. The number of carbonyl (C=O) groups is 1. The maximum atomic E-state index is 12.4. The average Bonchev–Trinajstić information content (AvgIpc) is 2.66. The van der Waals surface area contributed by atoms with Gasteiger partial charge in [-0.3, -0.25) is 4.79 Å². The molecule has 27 heavy (non-hydrogen) atoms. The lowest BCUT2D eigenvalue weighted by molar-refractivity contribution is -0.116. The smallest absolute Gasteiger partial charge is 0.226 e. The summed E-state index contributed by atoms with van der Waals surface area (Å²) < 4.78 is 10.5. The molecule has 2 atom stereocenters. The van der Waals surface area contributed by atoms with Crippen LogP contribution in [0.5, 0.6) is 11.5 Å². The zero-order chi connectivity index (χ0) is 19.6. The fraction of sp³-hybridized carbons (Fsp3) is 0.409. The Kier molecular flexibility index (Phi) is 8.14. The molecule has 0 heterocycles. The van der Waals surface area contributed by atoms with Crippen molar-refractivity contribution in [2.24, 2.45) is 0 Å². The Morgan fingerprint density at radius 1 is 1.00 bits per heavy atom. The zero-order valence-electron chi connectivity index (χ0n) is 16.6. The van der Waals surface area contributed by atoms with Gasteiger partial charge < -0.3 is 20.1 Å². The van der Waals surface area contributed by atoms with Gasteiger partial charge in [-0.1, -0.05) is 30.3 Å². The third-order valence-electron chi connectivity index (χ3n) is 4.45. The molecule has 0 fully saturated rings. The van der Waals surface area contributed by atoms with E-state index in [0.717, 1.165) is 12.8 Å². The molecule has 0 aromatic heterocycles. The van der Waals surface area contributed by atoms with Gasteiger partial charge in [-0.05, 0) is 44.4 Å². The Labute approximate surface area is 162 Å². The van der Waals surface area contributed by atoms with Gasteiger partial charge in [0.2, 0.25) is 5.91 Å². The van der Waals surface area contributed by atoms with Crippen LogP contribution in [0.1, 0.15) is 32.3 Å². The van der Waals surface area contributed by atoms with Crippen LogP contribution in [0.2, 0.25) is 0 Å². The molecule has 5 heteroatoms. The van der Waals surface area contributed by atoms with Crippen LogP contribution in [0.4, 0.5) is 5.69 Å². The van der Waals surface area contributed by atoms with Crippen molar-refractivity contribution in [3.63, 3.8) is 0 Å². The highest BCUT2D eigenvalue weighted by atomic mass is 16.5. The SMILES string of the molecule is COc1ccc(OC)c(NC(=O)CC(C)NC(C)CCc2ccccc2)c1. The van der Waals surface area contributed by atoms with Crippen LogP contribution in [-0.2, 0) is 11.2 Å². The van der Waals surface area contributed by atoms with E-state index in [1.54, 1.807) is 32.4 Å². The van der Waals surface area contributed by atoms with Gasteiger partial charge in [0.05, 0.1) is 19.9 Å². The van der Waals surface area contributed by atoms with Crippen molar-refractivity contribution in [1.29, 1.82) is 0 Å². The van der Waals surface area contributed by atoms with E-state index < -0.39 is 0 Å². The first kappa shape index (κ1) is 20.8. The third kappa shape index (κ3) is 6.94. The highest BCUT2D eigenvalue weighted by Gasteiger charge is 2.14. The standard InChI is InChI=1S/C22H30N2O3/c1-16(10-11-18-8-6-5-7-9-18)23-17(2)14-22(25)24-20-15-19(26-3)12-13-21(20)27-4/h5-9,12-13,15-17,23H,10-11,14H2,1-4H3,(H,24,25). The molecule has 2 aromatic carbocycles. The molecule has 2 N–H and O–H groups in total. The highest BCUT2D eigenvalue weighted by Crippen LogP contribution is 2.29. The number of benzene rings is 2. The largest absolute Gasteiger partial charge is 0.497 e. The molecule has 2 rings (SSSR count). The van der Waals surface area contributed by atoms with E-state index in [1.165, 1.54) is 5.56 Å². The lowest BCUT2D eigenvalue weighted by atomic mass is 10.1. The van der Waals surface area contributed by atoms with Crippen LogP contribution in [0.25, 0.3) is 0 Å². The molecule has 1 amide bonds. The number of hydrogen-bond donors (Lipinski definition) is 2. The fourth-order valence-corrected chi connectivity index (χ4v) is 3.05. The van der Waals surface area contributed by atoms with Gasteiger partial charge in [-0.25, -0.2) is 0 Å². The molecule has 0 aliphatic heterocycles. The number of carbonyl (C=O) groups excluding carboxylic acids is 1. The van der Waals surface area contributed by atoms with E-state index in [-0.39, 0.29) is 11.9 Å². The van der Waals surface area contributed by atoms with Crippen molar-refractivity contribution in [2.45, 2.75) is 45.2 Å². The molecule has 0 aliphatic rings. The van der Waals surface area contributed by atoms with Crippen molar-refractivity contribution in [3.05, 3.63) is 54.1 Å². The average molecular weight is 370 g/mol. The molecule has 2 unspecified atom stereocenters. The zero-order valence-corrected chi connectivity index (χ0v) is 16.6. The van der Waals surface area contributed by atoms with Crippen LogP contribution in [0, 0.1) is 0 Å². The molecule has 0 bridgehead atoms. The summed E-state index contributed by atoms with van der Waals surface area (Å²) in [7, 11) is 3.17. The summed E-state index contributed by atoms with van der Waals surface area (Å²) in [6.45, 7) is 4.18. The van der Waals surface area contributed by atoms with Gasteiger partial charge >= 0.3 is 0 Å². The summed E-state index contributed by atoms with van der Waals surface area (Å²) in [5.74, 6) is 1.23. The van der Waals surface area contributed by atoms with Crippen LogP contribution in [0.15, 0.2) is 48.5 Å². The maximum absolute atomic E-state index is 12.4. The Bertz CT molecular complexity index is 719. The number of hydrogen-bond acceptors (Lipinski definition) is 4. The van der Waals surface area contributed by atoms with Gasteiger partial charge in [0.25, 0.3) is 0 Å². The summed E-state index contributed by atoms with van der Waals surface area (Å²) in [6, 6.07) is 16.2. The third-order valence-corrected chi connectivity index (χ3v) is 4.45. The number of methoxy groups -OCH3 is 2. The molecule has 2 aromatic rings. The van der Waals surface area contributed by atoms with Crippen LogP contribution in [0.3, 0.4) is 0 Å². The first-order chi connectivity index (χ1) is 13.0. The van der Waals surface area contributed by atoms with E-state index in [1.807, 2.05) is 13.0 Å². The topological polar surface area (TPSA) is 59.6 Å². The quantitative estimate of drug-likeness (QED) is 0.663. The minimum atomic E-state index is -0.0585. The summed E-state index contributed by atoms with van der Waals surface area (Å²) >= 11 is 0. The molecule has 146 valence electrons. The normalized spacial score (nSPS) is 12.9. The number of rotatable bonds is 10. The number of aryl methyl sites for hydroxylation is 1. The Morgan fingerprint density at radius 2 is 1.74 bits per heavy atom. The molecular weight excluding hydrogens is 340 g/mol. The van der Waals surface area contributed by atoms with Crippen molar-refractivity contribution < 1.29 is 14.3 Å². The van der Waals surface area contributed by atoms with E-state index in [9.17, 15) is 4.79 Å². The van der Waals surface area contributed by atoms with Gasteiger partial charge in [-0.2, -0.15) is 0 Å². The second-order valence-corrected chi connectivity index (χ2v) is 6.81. The Hall–Kier alpha value is -2.53. The molecule has 0 saturated carbocycles. The van der Waals surface area contributed by atoms with Gasteiger partial charge in [0, 0.05) is 24.6 Å². The Morgan fingerprint density at radius 3 is 2.41 bits per heavy atom. The molecule has 0 radical (unpaired) electrons. The van der Waals surface area contributed by atoms with E-state index in [0.29, 0.717) is 29.6 Å². The highest BCUT2D eigenvalue weighted by molar-refractivity contribution is 5.92. The minimum Gasteiger partial charge on any atom is -0.497 e. The first-order valence-electron chi connectivity index (χ1n) is 9.33. The molecular formula is C22H30N2O3. The summed E-state index contributed by atoms with van der Waals surface area (Å²) in [5.41, 5.74) is 1.95. The van der Waals surface area contributed by atoms with Gasteiger partial charge in [-0.15, -0.1) is 0 Å². The fourth-order valence-electron chi connectivity index (χ4n) is 3.05. The van der Waals surface area contributed by atoms with Gasteiger partial charge in [0.1, 0.15) is 11.5 Å². The van der Waals surface area contributed by atoms with Crippen molar-refractivity contribution in [2.75, 3.05) is 19.5 Å². The lowest BCUT2D eigenvalue weighted by Gasteiger charge is -2.20. The predicted molar refractivity (Wildman–Crippen MR) is 110 cm³/mol. The van der Waals surface area contributed by atoms with Crippen LogP contribution in [-0.4, -0.2) is 32.2 Å². The number of anilines is 1. The summed E-state index contributed by atoms with van der Waals surface area (Å²) in [4.78, 5) is 12.4.